The van der Waals surface area contributed by atoms with Crippen molar-refractivity contribution >= 4 is 22.6 Å². The summed E-state index contributed by atoms with van der Waals surface area (Å²) in [5.41, 5.74) is 2.59. The zero-order valence-electron chi connectivity index (χ0n) is 11.0. The molecule has 0 aliphatic heterocycles. The van der Waals surface area contributed by atoms with Crippen LogP contribution in [0.5, 0.6) is 5.75 Å². The lowest BCUT2D eigenvalue weighted by molar-refractivity contribution is 0.475. The molecule has 2 heterocycles. The molecule has 0 saturated heterocycles. The standard InChI is InChI=1S/C15H14ClN3O/c1-2-7-19-14-5-6-17-9-13(14)18-15(19)11-8-10(20)3-4-12(11)16/h3-6,8-9,20H,2,7H2,1H3. The van der Waals surface area contributed by atoms with Gasteiger partial charge in [-0.15, -0.1) is 0 Å². The summed E-state index contributed by atoms with van der Waals surface area (Å²) in [5.74, 6) is 0.938. The third-order valence-electron chi connectivity index (χ3n) is 3.19. The number of aryl methyl sites for hydroxylation is 1. The molecule has 0 aliphatic carbocycles. The fraction of sp³-hybridized carbons (Fsp3) is 0.200. The Hall–Kier alpha value is -2.07. The second-order valence-electron chi connectivity index (χ2n) is 4.62. The number of aromatic hydroxyl groups is 1. The average Bonchev–Trinajstić information content (AvgIpc) is 2.81. The van der Waals surface area contributed by atoms with Gasteiger partial charge in [0.25, 0.3) is 0 Å². The van der Waals surface area contributed by atoms with E-state index in [2.05, 4.69) is 21.5 Å². The number of halogens is 1. The second-order valence-corrected chi connectivity index (χ2v) is 5.02. The lowest BCUT2D eigenvalue weighted by Gasteiger charge is -2.09. The van der Waals surface area contributed by atoms with Crippen LogP contribution in [0.2, 0.25) is 5.02 Å². The number of nitrogens with zero attached hydrogens (tertiary/aromatic N) is 3. The monoisotopic (exact) mass is 287 g/mol. The van der Waals surface area contributed by atoms with E-state index in [1.807, 2.05) is 6.07 Å². The van der Waals surface area contributed by atoms with Gasteiger partial charge in [0.1, 0.15) is 17.1 Å². The summed E-state index contributed by atoms with van der Waals surface area (Å²) < 4.78 is 2.11. The predicted molar refractivity (Wildman–Crippen MR) is 79.9 cm³/mol. The van der Waals surface area contributed by atoms with E-state index >= 15 is 0 Å². The number of phenols is 1. The Morgan fingerprint density at radius 2 is 2.15 bits per heavy atom. The van der Waals surface area contributed by atoms with Crippen LogP contribution in [0, 0.1) is 0 Å². The molecule has 0 amide bonds. The maximum Gasteiger partial charge on any atom is 0.142 e. The van der Waals surface area contributed by atoms with Gasteiger partial charge in [0, 0.05) is 18.3 Å². The number of hydrogen-bond acceptors (Lipinski definition) is 3. The van der Waals surface area contributed by atoms with Crippen molar-refractivity contribution in [2.24, 2.45) is 0 Å². The van der Waals surface area contributed by atoms with Gasteiger partial charge in [-0.05, 0) is 30.7 Å². The number of aromatic nitrogens is 3. The third-order valence-corrected chi connectivity index (χ3v) is 3.52. The average molecular weight is 288 g/mol. The summed E-state index contributed by atoms with van der Waals surface area (Å²) in [7, 11) is 0. The fourth-order valence-electron chi connectivity index (χ4n) is 2.32. The smallest absolute Gasteiger partial charge is 0.142 e. The van der Waals surface area contributed by atoms with E-state index in [1.165, 1.54) is 0 Å². The van der Waals surface area contributed by atoms with Crippen LogP contribution >= 0.6 is 11.6 Å². The summed E-state index contributed by atoms with van der Waals surface area (Å²) in [6.07, 6.45) is 4.48. The van der Waals surface area contributed by atoms with Gasteiger partial charge in [-0.25, -0.2) is 4.98 Å². The molecule has 5 heteroatoms. The minimum atomic E-state index is 0.178. The number of pyridine rings is 1. The van der Waals surface area contributed by atoms with E-state index < -0.39 is 0 Å². The Balaban J connectivity index is 2.29. The van der Waals surface area contributed by atoms with Crippen LogP contribution in [-0.4, -0.2) is 19.6 Å². The van der Waals surface area contributed by atoms with Crippen molar-refractivity contribution in [3.63, 3.8) is 0 Å². The predicted octanol–water partition coefficient (Wildman–Crippen LogP) is 3.87. The van der Waals surface area contributed by atoms with Crippen LogP contribution in [-0.2, 0) is 6.54 Å². The molecule has 1 N–H and O–H groups in total. The molecule has 1 aromatic carbocycles. The largest absolute Gasteiger partial charge is 0.508 e. The van der Waals surface area contributed by atoms with E-state index in [0.717, 1.165) is 35.4 Å². The van der Waals surface area contributed by atoms with Crippen LogP contribution < -0.4 is 0 Å². The highest BCUT2D eigenvalue weighted by atomic mass is 35.5. The molecule has 3 rings (SSSR count). The van der Waals surface area contributed by atoms with Crippen molar-refractivity contribution in [3.8, 4) is 17.1 Å². The van der Waals surface area contributed by atoms with Crippen molar-refractivity contribution in [1.82, 2.24) is 14.5 Å². The topological polar surface area (TPSA) is 50.9 Å². The van der Waals surface area contributed by atoms with Gasteiger partial charge in [-0.3, -0.25) is 4.98 Å². The minimum Gasteiger partial charge on any atom is -0.508 e. The first kappa shape index (κ1) is 12.9. The molecule has 0 fully saturated rings. The van der Waals surface area contributed by atoms with Crippen LogP contribution in [0.3, 0.4) is 0 Å². The molecular formula is C15H14ClN3O. The zero-order valence-corrected chi connectivity index (χ0v) is 11.8. The molecule has 20 heavy (non-hydrogen) atoms. The molecule has 0 aliphatic rings. The van der Waals surface area contributed by atoms with Crippen molar-refractivity contribution in [2.75, 3.05) is 0 Å². The maximum absolute atomic E-state index is 9.69. The van der Waals surface area contributed by atoms with Crippen molar-refractivity contribution in [1.29, 1.82) is 0 Å². The summed E-state index contributed by atoms with van der Waals surface area (Å²) in [6, 6.07) is 6.83. The molecule has 3 aromatic rings. The molecular weight excluding hydrogens is 274 g/mol. The van der Waals surface area contributed by atoms with Gasteiger partial charge in [0.05, 0.1) is 16.7 Å². The first-order chi connectivity index (χ1) is 9.70. The van der Waals surface area contributed by atoms with Gasteiger partial charge in [0.2, 0.25) is 0 Å². The van der Waals surface area contributed by atoms with E-state index in [9.17, 15) is 5.11 Å². The van der Waals surface area contributed by atoms with Gasteiger partial charge in [-0.2, -0.15) is 0 Å². The van der Waals surface area contributed by atoms with Crippen LogP contribution in [0.25, 0.3) is 22.4 Å². The molecule has 0 spiro atoms. The lowest BCUT2D eigenvalue weighted by atomic mass is 10.2. The summed E-state index contributed by atoms with van der Waals surface area (Å²) in [5, 5.41) is 10.3. The molecule has 0 saturated carbocycles. The van der Waals surface area contributed by atoms with Crippen LogP contribution in [0.15, 0.2) is 36.7 Å². The molecule has 0 radical (unpaired) electrons. The highest BCUT2D eigenvalue weighted by Gasteiger charge is 2.15. The number of rotatable bonds is 3. The minimum absolute atomic E-state index is 0.178. The van der Waals surface area contributed by atoms with Gasteiger partial charge >= 0.3 is 0 Å². The number of phenolic OH excluding ortho intramolecular Hbond substituents is 1. The molecule has 0 unspecified atom stereocenters. The molecule has 0 atom stereocenters. The first-order valence-electron chi connectivity index (χ1n) is 6.50. The Morgan fingerprint density at radius 1 is 1.30 bits per heavy atom. The molecule has 4 nitrogen and oxygen atoms in total. The van der Waals surface area contributed by atoms with E-state index in [1.54, 1.807) is 30.6 Å². The summed E-state index contributed by atoms with van der Waals surface area (Å²) in [6.45, 7) is 2.95. The van der Waals surface area contributed by atoms with Crippen molar-refractivity contribution < 1.29 is 5.11 Å². The van der Waals surface area contributed by atoms with Gasteiger partial charge in [0.15, 0.2) is 0 Å². The molecule has 2 aromatic heterocycles. The number of imidazole rings is 1. The number of benzene rings is 1. The Labute approximate surface area is 121 Å². The van der Waals surface area contributed by atoms with Crippen molar-refractivity contribution in [2.45, 2.75) is 19.9 Å². The molecule has 0 bridgehead atoms. The highest BCUT2D eigenvalue weighted by molar-refractivity contribution is 6.33. The second kappa shape index (κ2) is 5.13. The Kier molecular flexibility index (Phi) is 3.32. The van der Waals surface area contributed by atoms with Gasteiger partial charge in [-0.1, -0.05) is 18.5 Å². The summed E-state index contributed by atoms with van der Waals surface area (Å²) >= 11 is 6.25. The lowest BCUT2D eigenvalue weighted by Crippen LogP contribution is -2.00. The fourth-order valence-corrected chi connectivity index (χ4v) is 2.52. The van der Waals surface area contributed by atoms with Gasteiger partial charge < -0.3 is 9.67 Å². The van der Waals surface area contributed by atoms with E-state index in [4.69, 9.17) is 11.6 Å². The van der Waals surface area contributed by atoms with Crippen LogP contribution in [0.1, 0.15) is 13.3 Å². The normalized spacial score (nSPS) is 11.1. The van der Waals surface area contributed by atoms with Crippen LogP contribution in [0.4, 0.5) is 0 Å². The SMILES string of the molecule is CCCn1c(-c2cc(O)ccc2Cl)nc2cnccc21. The van der Waals surface area contributed by atoms with E-state index in [-0.39, 0.29) is 5.75 Å². The zero-order chi connectivity index (χ0) is 14.1. The number of hydrogen-bond donors (Lipinski definition) is 1. The van der Waals surface area contributed by atoms with Crippen molar-refractivity contribution in [3.05, 3.63) is 41.7 Å². The molecule has 102 valence electrons. The maximum atomic E-state index is 9.69. The number of fused-ring (bicyclic) bond motifs is 1. The highest BCUT2D eigenvalue weighted by Crippen LogP contribution is 2.32. The first-order valence-corrected chi connectivity index (χ1v) is 6.87. The Bertz CT molecular complexity index is 767. The third kappa shape index (κ3) is 2.12. The summed E-state index contributed by atoms with van der Waals surface area (Å²) in [4.78, 5) is 8.71. The van der Waals surface area contributed by atoms with E-state index in [0.29, 0.717) is 5.02 Å². The quantitative estimate of drug-likeness (QED) is 0.795. The Morgan fingerprint density at radius 3 is 2.95 bits per heavy atom.